The summed E-state index contributed by atoms with van der Waals surface area (Å²) in [5, 5.41) is 43.8. The lowest BCUT2D eigenvalue weighted by Gasteiger charge is -2.27. The van der Waals surface area contributed by atoms with Crippen molar-refractivity contribution in [3.05, 3.63) is 36.5 Å². The van der Waals surface area contributed by atoms with E-state index in [4.69, 9.17) is 0 Å². The molecule has 4 atom stereocenters. The van der Waals surface area contributed by atoms with Crippen molar-refractivity contribution in [3.63, 3.8) is 0 Å². The maximum absolute atomic E-state index is 12.5. The molecule has 0 aromatic heterocycles. The zero-order valence-electron chi connectivity index (χ0n) is 40.0. The molecule has 1 amide bonds. The third-order valence-electron chi connectivity index (χ3n) is 12.3. The van der Waals surface area contributed by atoms with Crippen molar-refractivity contribution in [1.29, 1.82) is 0 Å². The minimum absolute atomic E-state index is 0.361. The van der Waals surface area contributed by atoms with Crippen LogP contribution in [0.3, 0.4) is 0 Å². The van der Waals surface area contributed by atoms with E-state index in [2.05, 4.69) is 55.6 Å². The highest BCUT2D eigenvalue weighted by molar-refractivity contribution is 5.80. The largest absolute Gasteiger partial charge is 0.394 e. The van der Waals surface area contributed by atoms with Gasteiger partial charge in [-0.15, -0.1) is 0 Å². The number of carbonyl (C=O) groups excluding carboxylic acids is 1. The van der Waals surface area contributed by atoms with Crippen LogP contribution in [-0.4, -0.2) is 57.3 Å². The molecule has 0 saturated carbocycles. The molecule has 0 fully saturated rings. The van der Waals surface area contributed by atoms with Gasteiger partial charge >= 0.3 is 0 Å². The van der Waals surface area contributed by atoms with Crippen LogP contribution in [0, 0.1) is 0 Å². The van der Waals surface area contributed by atoms with E-state index >= 15 is 0 Å². The zero-order chi connectivity index (χ0) is 43.8. The molecule has 6 nitrogen and oxygen atoms in total. The van der Waals surface area contributed by atoms with Gasteiger partial charge in [0.05, 0.1) is 18.8 Å². The van der Waals surface area contributed by atoms with E-state index in [0.717, 1.165) is 51.4 Å². The average Bonchev–Trinajstić information content (AvgIpc) is 3.25. The Hall–Kier alpha value is -1.47. The summed E-state index contributed by atoms with van der Waals surface area (Å²) in [5.41, 5.74) is 0. The minimum Gasteiger partial charge on any atom is -0.394 e. The number of unbranched alkanes of at least 4 members (excludes halogenated alkanes) is 33. The molecule has 0 aliphatic carbocycles. The van der Waals surface area contributed by atoms with E-state index in [1.165, 1.54) is 186 Å². The number of aliphatic hydroxyl groups is 4. The van der Waals surface area contributed by atoms with Gasteiger partial charge in [0.25, 0.3) is 0 Å². The zero-order valence-corrected chi connectivity index (χ0v) is 40.0. The number of hydrogen-bond acceptors (Lipinski definition) is 5. The molecule has 0 heterocycles. The average molecular weight is 846 g/mol. The number of allylic oxidation sites excluding steroid dienone is 6. The molecule has 0 bridgehead atoms. The first kappa shape index (κ1) is 58.5. The standard InChI is InChI=1S/C54H103NO5/c1-3-5-7-9-11-13-15-17-19-21-22-23-24-25-26-27-28-29-30-32-33-35-37-39-41-43-45-47-51(57)53(59)50(49-56)55-54(60)52(58)48-46-44-42-40-38-36-34-31-20-18-16-14-12-10-8-6-4-2/h27-28,32-33,39,41,50-53,56-59H,3-26,29-31,34-38,40,42-49H2,1-2H3,(H,55,60)/b28-27+,33-32+,41-39+. The second kappa shape index (κ2) is 48.6. The van der Waals surface area contributed by atoms with Gasteiger partial charge in [-0.1, -0.05) is 243 Å². The Balaban J connectivity index is 3.73. The number of aliphatic hydroxyl groups excluding tert-OH is 4. The summed E-state index contributed by atoms with van der Waals surface area (Å²) in [5.74, 6) is -0.597. The summed E-state index contributed by atoms with van der Waals surface area (Å²) in [4.78, 5) is 12.5. The van der Waals surface area contributed by atoms with Crippen molar-refractivity contribution in [1.82, 2.24) is 5.32 Å². The number of hydrogen-bond donors (Lipinski definition) is 5. The SMILES string of the molecule is CCCCCCCCCCCCCCCC/C=C/CC/C=C/CC/C=C/CCCC(O)C(O)C(CO)NC(=O)C(O)CCCCCCCCCCCCCCCCCCC. The second-order valence-electron chi connectivity index (χ2n) is 18.2. The summed E-state index contributed by atoms with van der Waals surface area (Å²) in [6, 6.07) is -1.01. The molecule has 354 valence electrons. The van der Waals surface area contributed by atoms with Gasteiger partial charge in [0.2, 0.25) is 5.91 Å². The van der Waals surface area contributed by atoms with Gasteiger partial charge in [-0.05, 0) is 64.2 Å². The quantitative estimate of drug-likeness (QED) is 0.0309. The first-order valence-corrected chi connectivity index (χ1v) is 26.4. The highest BCUT2D eigenvalue weighted by Gasteiger charge is 2.28. The van der Waals surface area contributed by atoms with Crippen molar-refractivity contribution in [2.75, 3.05) is 6.61 Å². The third-order valence-corrected chi connectivity index (χ3v) is 12.3. The van der Waals surface area contributed by atoms with Crippen LogP contribution in [0.4, 0.5) is 0 Å². The highest BCUT2D eigenvalue weighted by atomic mass is 16.3. The number of nitrogens with one attached hydrogen (secondary N) is 1. The van der Waals surface area contributed by atoms with Gasteiger partial charge in [0, 0.05) is 0 Å². The fraction of sp³-hybridized carbons (Fsp3) is 0.870. The number of rotatable bonds is 48. The lowest BCUT2D eigenvalue weighted by molar-refractivity contribution is -0.132. The van der Waals surface area contributed by atoms with Crippen LogP contribution in [0.1, 0.15) is 271 Å². The van der Waals surface area contributed by atoms with Crippen LogP contribution >= 0.6 is 0 Å². The fourth-order valence-electron chi connectivity index (χ4n) is 8.14. The van der Waals surface area contributed by atoms with Crippen LogP contribution in [0.5, 0.6) is 0 Å². The predicted octanol–water partition coefficient (Wildman–Crippen LogP) is 14.9. The van der Waals surface area contributed by atoms with Gasteiger partial charge in [0.15, 0.2) is 0 Å². The molecule has 0 radical (unpaired) electrons. The Morgan fingerprint density at radius 3 is 1.05 bits per heavy atom. The van der Waals surface area contributed by atoms with Crippen LogP contribution in [0.25, 0.3) is 0 Å². The topological polar surface area (TPSA) is 110 Å². The third kappa shape index (κ3) is 41.9. The van der Waals surface area contributed by atoms with Gasteiger partial charge in [0.1, 0.15) is 12.2 Å². The summed E-state index contributed by atoms with van der Waals surface area (Å²) in [6.45, 7) is 4.06. The van der Waals surface area contributed by atoms with Crippen molar-refractivity contribution in [2.24, 2.45) is 0 Å². The van der Waals surface area contributed by atoms with E-state index in [0.29, 0.717) is 19.3 Å². The van der Waals surface area contributed by atoms with Crippen molar-refractivity contribution in [2.45, 2.75) is 295 Å². The molecule has 0 spiro atoms. The minimum atomic E-state index is -1.29. The van der Waals surface area contributed by atoms with Crippen molar-refractivity contribution >= 4 is 5.91 Å². The van der Waals surface area contributed by atoms with Crippen LogP contribution < -0.4 is 5.32 Å². The molecule has 0 saturated heterocycles. The van der Waals surface area contributed by atoms with Crippen LogP contribution in [-0.2, 0) is 4.79 Å². The lowest BCUT2D eigenvalue weighted by atomic mass is 10.00. The number of carbonyl (C=O) groups is 1. The maximum Gasteiger partial charge on any atom is 0.249 e. The fourth-order valence-corrected chi connectivity index (χ4v) is 8.14. The monoisotopic (exact) mass is 846 g/mol. The molecular weight excluding hydrogens is 743 g/mol. The molecule has 4 unspecified atom stereocenters. The highest BCUT2D eigenvalue weighted by Crippen LogP contribution is 2.17. The Morgan fingerprint density at radius 2 is 0.700 bits per heavy atom. The first-order valence-electron chi connectivity index (χ1n) is 26.4. The maximum atomic E-state index is 12.5. The summed E-state index contributed by atoms with van der Waals surface area (Å²) >= 11 is 0. The summed E-state index contributed by atoms with van der Waals surface area (Å²) < 4.78 is 0. The summed E-state index contributed by atoms with van der Waals surface area (Å²) in [7, 11) is 0. The lowest BCUT2D eigenvalue weighted by Crippen LogP contribution is -2.53. The molecule has 0 aliphatic heterocycles. The van der Waals surface area contributed by atoms with E-state index in [1.54, 1.807) is 0 Å². The molecule has 0 aliphatic rings. The molecule has 0 rings (SSSR count). The molecule has 0 aromatic rings. The molecule has 0 aromatic carbocycles. The van der Waals surface area contributed by atoms with E-state index in [1.807, 2.05) is 0 Å². The van der Waals surface area contributed by atoms with Gasteiger partial charge < -0.3 is 25.7 Å². The van der Waals surface area contributed by atoms with Crippen LogP contribution in [0.15, 0.2) is 36.5 Å². The van der Waals surface area contributed by atoms with Crippen LogP contribution in [0.2, 0.25) is 0 Å². The van der Waals surface area contributed by atoms with E-state index < -0.39 is 36.9 Å². The molecule has 6 heteroatoms. The van der Waals surface area contributed by atoms with Gasteiger partial charge in [-0.25, -0.2) is 0 Å². The van der Waals surface area contributed by atoms with Crippen molar-refractivity contribution in [3.8, 4) is 0 Å². The number of amides is 1. The van der Waals surface area contributed by atoms with Gasteiger partial charge in [-0.3, -0.25) is 4.79 Å². The molecule has 5 N–H and O–H groups in total. The van der Waals surface area contributed by atoms with E-state index in [9.17, 15) is 25.2 Å². The normalized spacial score (nSPS) is 14.2. The van der Waals surface area contributed by atoms with E-state index in [-0.39, 0.29) is 0 Å². The predicted molar refractivity (Wildman–Crippen MR) is 260 cm³/mol. The Labute approximate surface area is 373 Å². The van der Waals surface area contributed by atoms with Gasteiger partial charge in [-0.2, -0.15) is 0 Å². The second-order valence-corrected chi connectivity index (χ2v) is 18.2. The summed E-state index contributed by atoms with van der Waals surface area (Å²) in [6.07, 6.45) is 59.2. The molecule has 60 heavy (non-hydrogen) atoms. The Morgan fingerprint density at radius 1 is 0.400 bits per heavy atom. The smallest absolute Gasteiger partial charge is 0.249 e. The molecular formula is C54H103NO5. The Kier molecular flexibility index (Phi) is 47.4. The van der Waals surface area contributed by atoms with Crippen molar-refractivity contribution < 1.29 is 25.2 Å². The first-order chi connectivity index (χ1) is 29.5. The Bertz CT molecular complexity index is 950.